The number of carbonyl (C=O) groups excluding carboxylic acids is 1. The molecule has 15 heavy (non-hydrogen) atoms. The Kier molecular flexibility index (Phi) is 3.37. The number of amides is 1. The minimum Gasteiger partial charge on any atom is -0.481 e. The van der Waals surface area contributed by atoms with Crippen LogP contribution in [0.2, 0.25) is 0 Å². The highest BCUT2D eigenvalue weighted by molar-refractivity contribution is 5.82. The first kappa shape index (κ1) is 12.0. The third-order valence-electron chi connectivity index (χ3n) is 2.87. The van der Waals surface area contributed by atoms with Gasteiger partial charge in [0.25, 0.3) is 0 Å². The molecule has 0 saturated heterocycles. The fraction of sp³-hybridized carbons (Fsp3) is 0.818. The fourth-order valence-corrected chi connectivity index (χ4v) is 1.60. The lowest BCUT2D eigenvalue weighted by Gasteiger charge is -2.25. The van der Waals surface area contributed by atoms with Gasteiger partial charge >= 0.3 is 5.97 Å². The minimum atomic E-state index is -0.822. The van der Waals surface area contributed by atoms with E-state index >= 15 is 0 Å². The van der Waals surface area contributed by atoms with Crippen molar-refractivity contribution in [2.24, 2.45) is 11.8 Å². The Morgan fingerprint density at radius 2 is 2.00 bits per heavy atom. The summed E-state index contributed by atoms with van der Waals surface area (Å²) in [7, 11) is 0. The molecule has 4 heteroatoms. The molecule has 1 aliphatic rings. The van der Waals surface area contributed by atoms with Crippen molar-refractivity contribution in [2.45, 2.75) is 45.6 Å². The van der Waals surface area contributed by atoms with E-state index in [4.69, 9.17) is 5.11 Å². The van der Waals surface area contributed by atoms with E-state index < -0.39 is 11.5 Å². The van der Waals surface area contributed by atoms with Gasteiger partial charge in [0.05, 0.1) is 0 Å². The van der Waals surface area contributed by atoms with Crippen LogP contribution in [-0.2, 0) is 9.59 Å². The molecule has 0 bridgehead atoms. The molecule has 0 radical (unpaired) electrons. The summed E-state index contributed by atoms with van der Waals surface area (Å²) in [5.41, 5.74) is -0.419. The normalized spacial score (nSPS) is 24.7. The van der Waals surface area contributed by atoms with E-state index in [9.17, 15) is 9.59 Å². The highest BCUT2D eigenvalue weighted by Gasteiger charge is 2.40. The van der Waals surface area contributed by atoms with E-state index in [-0.39, 0.29) is 18.2 Å². The van der Waals surface area contributed by atoms with Crippen LogP contribution in [0.15, 0.2) is 0 Å². The van der Waals surface area contributed by atoms with Crippen LogP contribution in [0.25, 0.3) is 0 Å². The zero-order chi connectivity index (χ0) is 11.6. The molecule has 4 nitrogen and oxygen atoms in total. The van der Waals surface area contributed by atoms with Crippen molar-refractivity contribution in [2.75, 3.05) is 0 Å². The summed E-state index contributed by atoms with van der Waals surface area (Å²) in [5, 5.41) is 11.5. The zero-order valence-corrected chi connectivity index (χ0v) is 9.54. The number of carboxylic acid groups (broad SMARTS) is 1. The van der Waals surface area contributed by atoms with Crippen molar-refractivity contribution in [3.05, 3.63) is 0 Å². The second kappa shape index (κ2) is 4.21. The number of nitrogens with one attached hydrogen (secondary N) is 1. The number of rotatable bonds is 5. The Morgan fingerprint density at radius 3 is 2.40 bits per heavy atom. The summed E-state index contributed by atoms with van der Waals surface area (Å²) in [5.74, 6) is -0.121. The molecule has 0 heterocycles. The van der Waals surface area contributed by atoms with E-state index in [0.717, 1.165) is 6.42 Å². The lowest BCUT2D eigenvalue weighted by Crippen LogP contribution is -2.44. The summed E-state index contributed by atoms with van der Waals surface area (Å²) in [4.78, 5) is 22.0. The van der Waals surface area contributed by atoms with Crippen molar-refractivity contribution in [1.82, 2.24) is 5.32 Å². The molecular formula is C11H19NO3. The zero-order valence-electron chi connectivity index (χ0n) is 9.54. The Hall–Kier alpha value is -1.06. The Balaban J connectivity index is 2.34. The van der Waals surface area contributed by atoms with E-state index in [1.807, 2.05) is 13.8 Å². The van der Waals surface area contributed by atoms with E-state index in [2.05, 4.69) is 12.2 Å². The van der Waals surface area contributed by atoms with E-state index in [1.54, 1.807) is 0 Å². The van der Waals surface area contributed by atoms with Crippen LogP contribution in [0, 0.1) is 11.8 Å². The summed E-state index contributed by atoms with van der Waals surface area (Å²) in [6, 6.07) is 0. The highest BCUT2D eigenvalue weighted by atomic mass is 16.4. The van der Waals surface area contributed by atoms with Crippen LogP contribution >= 0.6 is 0 Å². The average Bonchev–Trinajstić information content (AvgIpc) is 2.79. The Bertz CT molecular complexity index is 273. The molecule has 0 aromatic carbocycles. The lowest BCUT2D eigenvalue weighted by molar-refractivity contribution is -0.138. The van der Waals surface area contributed by atoms with Gasteiger partial charge in [-0.3, -0.25) is 9.59 Å². The van der Waals surface area contributed by atoms with Gasteiger partial charge in [0.1, 0.15) is 0 Å². The van der Waals surface area contributed by atoms with Crippen LogP contribution in [0.4, 0.5) is 0 Å². The first-order valence-corrected chi connectivity index (χ1v) is 5.35. The van der Waals surface area contributed by atoms with Crippen molar-refractivity contribution < 1.29 is 14.7 Å². The molecule has 2 atom stereocenters. The van der Waals surface area contributed by atoms with Gasteiger partial charge in [-0.25, -0.2) is 0 Å². The summed E-state index contributed by atoms with van der Waals surface area (Å²) < 4.78 is 0. The summed E-state index contributed by atoms with van der Waals surface area (Å²) in [6.45, 7) is 5.77. The largest absolute Gasteiger partial charge is 0.481 e. The van der Waals surface area contributed by atoms with Gasteiger partial charge in [0.2, 0.25) is 5.91 Å². The number of carboxylic acids is 1. The molecule has 1 aliphatic carbocycles. The van der Waals surface area contributed by atoms with Crippen molar-refractivity contribution in [3.8, 4) is 0 Å². The molecule has 86 valence electrons. The van der Waals surface area contributed by atoms with Gasteiger partial charge in [0, 0.05) is 17.9 Å². The lowest BCUT2D eigenvalue weighted by atomic mass is 9.98. The third kappa shape index (κ3) is 3.90. The van der Waals surface area contributed by atoms with Gasteiger partial charge in [0.15, 0.2) is 0 Å². The molecule has 0 aromatic rings. The number of carbonyl (C=O) groups is 2. The van der Waals surface area contributed by atoms with E-state index in [1.165, 1.54) is 0 Å². The standard InChI is InChI=1S/C11H19NO3/c1-7-6-8(7)10(15)12-11(2,3)5-4-9(13)14/h7-8H,4-6H2,1-3H3,(H,12,15)(H,13,14)/t7-,8+/m1/s1. The fourth-order valence-electron chi connectivity index (χ4n) is 1.60. The molecule has 1 saturated carbocycles. The van der Waals surface area contributed by atoms with Gasteiger partial charge in [-0.15, -0.1) is 0 Å². The molecule has 1 fully saturated rings. The molecule has 0 aliphatic heterocycles. The van der Waals surface area contributed by atoms with Crippen molar-refractivity contribution >= 4 is 11.9 Å². The van der Waals surface area contributed by atoms with Crippen LogP contribution in [0.3, 0.4) is 0 Å². The minimum absolute atomic E-state index is 0.0675. The average molecular weight is 213 g/mol. The molecule has 1 rings (SSSR count). The molecule has 1 amide bonds. The maximum Gasteiger partial charge on any atom is 0.303 e. The predicted octanol–water partition coefficient (Wildman–Crippen LogP) is 1.40. The maximum atomic E-state index is 11.6. The van der Waals surface area contributed by atoms with Crippen LogP contribution in [0.5, 0.6) is 0 Å². The van der Waals surface area contributed by atoms with Crippen molar-refractivity contribution in [3.63, 3.8) is 0 Å². The first-order valence-electron chi connectivity index (χ1n) is 5.35. The van der Waals surface area contributed by atoms with Gasteiger partial charge in [-0.05, 0) is 32.6 Å². The van der Waals surface area contributed by atoms with Gasteiger partial charge in [-0.2, -0.15) is 0 Å². The van der Waals surface area contributed by atoms with Gasteiger partial charge < -0.3 is 10.4 Å². The van der Waals surface area contributed by atoms with Gasteiger partial charge in [-0.1, -0.05) is 6.92 Å². The highest BCUT2D eigenvalue weighted by Crippen LogP contribution is 2.38. The molecule has 0 unspecified atom stereocenters. The second-order valence-corrected chi connectivity index (χ2v) is 5.09. The monoisotopic (exact) mass is 213 g/mol. The smallest absolute Gasteiger partial charge is 0.303 e. The quantitative estimate of drug-likeness (QED) is 0.725. The second-order valence-electron chi connectivity index (χ2n) is 5.09. The Labute approximate surface area is 90.0 Å². The van der Waals surface area contributed by atoms with Crippen LogP contribution in [0.1, 0.15) is 40.0 Å². The molecular weight excluding hydrogens is 194 g/mol. The summed E-state index contributed by atoms with van der Waals surface area (Å²) >= 11 is 0. The maximum absolute atomic E-state index is 11.6. The topological polar surface area (TPSA) is 66.4 Å². The predicted molar refractivity (Wildman–Crippen MR) is 56.4 cm³/mol. The van der Waals surface area contributed by atoms with Crippen molar-refractivity contribution in [1.29, 1.82) is 0 Å². The Morgan fingerprint density at radius 1 is 1.47 bits per heavy atom. The first-order chi connectivity index (χ1) is 6.82. The molecule has 2 N–H and O–H groups in total. The third-order valence-corrected chi connectivity index (χ3v) is 2.87. The molecule has 0 aromatic heterocycles. The SMILES string of the molecule is C[C@@H]1C[C@@H]1C(=O)NC(C)(C)CCC(=O)O. The van der Waals surface area contributed by atoms with Crippen LogP contribution < -0.4 is 5.32 Å². The molecule has 0 spiro atoms. The summed E-state index contributed by atoms with van der Waals surface area (Å²) in [6.07, 6.45) is 1.52. The number of hydrogen-bond acceptors (Lipinski definition) is 2. The number of hydrogen-bond donors (Lipinski definition) is 2. The van der Waals surface area contributed by atoms with E-state index in [0.29, 0.717) is 12.3 Å². The number of aliphatic carboxylic acids is 1. The van der Waals surface area contributed by atoms with Crippen LogP contribution in [-0.4, -0.2) is 22.5 Å².